The summed E-state index contributed by atoms with van der Waals surface area (Å²) in [4.78, 5) is 10.7. The number of hydrogen-bond acceptors (Lipinski definition) is 1. The summed E-state index contributed by atoms with van der Waals surface area (Å²) >= 11 is 0. The zero-order valence-electron chi connectivity index (χ0n) is 9.04. The van der Waals surface area contributed by atoms with Crippen LogP contribution in [0.5, 0.6) is 0 Å². The molecule has 0 aromatic carbocycles. The standard InChI is InChI=1S/C13H20O/c1-10(9-14)12-7-6-11-4-2-3-5-13(11)8-12/h4,9-10,12-13H,2-3,5-8H2,1H3. The Labute approximate surface area is 86.6 Å². The Morgan fingerprint density at radius 3 is 3.14 bits per heavy atom. The van der Waals surface area contributed by atoms with E-state index in [9.17, 15) is 4.79 Å². The van der Waals surface area contributed by atoms with E-state index in [2.05, 4.69) is 13.0 Å². The van der Waals surface area contributed by atoms with Crippen molar-refractivity contribution in [2.45, 2.75) is 45.4 Å². The number of allylic oxidation sites excluding steroid dienone is 2. The first kappa shape index (κ1) is 9.95. The Morgan fingerprint density at radius 2 is 2.36 bits per heavy atom. The lowest BCUT2D eigenvalue weighted by Gasteiger charge is -2.35. The molecule has 0 saturated heterocycles. The number of rotatable bonds is 2. The summed E-state index contributed by atoms with van der Waals surface area (Å²) in [6, 6.07) is 0. The third kappa shape index (κ3) is 1.92. The molecule has 2 aliphatic rings. The van der Waals surface area contributed by atoms with Crippen molar-refractivity contribution in [2.75, 3.05) is 0 Å². The largest absolute Gasteiger partial charge is 0.303 e. The van der Waals surface area contributed by atoms with E-state index in [-0.39, 0.29) is 5.92 Å². The van der Waals surface area contributed by atoms with E-state index >= 15 is 0 Å². The quantitative estimate of drug-likeness (QED) is 0.484. The summed E-state index contributed by atoms with van der Waals surface area (Å²) in [7, 11) is 0. The lowest BCUT2D eigenvalue weighted by molar-refractivity contribution is -0.112. The highest BCUT2D eigenvalue weighted by Crippen LogP contribution is 2.41. The second-order valence-corrected chi connectivity index (χ2v) is 4.94. The van der Waals surface area contributed by atoms with Gasteiger partial charge in [0.05, 0.1) is 0 Å². The molecular formula is C13H20O. The van der Waals surface area contributed by atoms with Crippen LogP contribution in [-0.4, -0.2) is 6.29 Å². The topological polar surface area (TPSA) is 17.1 Å². The van der Waals surface area contributed by atoms with Crippen LogP contribution in [-0.2, 0) is 4.79 Å². The molecule has 3 unspecified atom stereocenters. The van der Waals surface area contributed by atoms with Crippen LogP contribution in [0.2, 0.25) is 0 Å². The van der Waals surface area contributed by atoms with Crippen LogP contribution in [0.25, 0.3) is 0 Å². The SMILES string of the molecule is CC(C=O)C1CCC2=CCCCC2C1. The molecule has 0 aliphatic heterocycles. The van der Waals surface area contributed by atoms with Gasteiger partial charge in [-0.15, -0.1) is 0 Å². The zero-order chi connectivity index (χ0) is 9.97. The predicted octanol–water partition coefficient (Wildman–Crippen LogP) is 3.35. The van der Waals surface area contributed by atoms with Gasteiger partial charge in [-0.3, -0.25) is 0 Å². The van der Waals surface area contributed by atoms with Gasteiger partial charge in [0.15, 0.2) is 0 Å². The van der Waals surface area contributed by atoms with E-state index in [1.165, 1.54) is 38.5 Å². The number of hydrogen-bond donors (Lipinski definition) is 0. The summed E-state index contributed by atoms with van der Waals surface area (Å²) < 4.78 is 0. The van der Waals surface area contributed by atoms with Gasteiger partial charge < -0.3 is 4.79 Å². The fourth-order valence-corrected chi connectivity index (χ4v) is 3.00. The summed E-state index contributed by atoms with van der Waals surface area (Å²) in [6.45, 7) is 2.08. The highest BCUT2D eigenvalue weighted by atomic mass is 16.1. The van der Waals surface area contributed by atoms with Crippen LogP contribution >= 0.6 is 0 Å². The molecule has 0 bridgehead atoms. The van der Waals surface area contributed by atoms with Gasteiger partial charge in [-0.2, -0.15) is 0 Å². The van der Waals surface area contributed by atoms with Crippen LogP contribution in [0, 0.1) is 17.8 Å². The second kappa shape index (κ2) is 4.29. The first-order chi connectivity index (χ1) is 6.81. The first-order valence-corrected chi connectivity index (χ1v) is 5.95. The van der Waals surface area contributed by atoms with Crippen molar-refractivity contribution >= 4 is 6.29 Å². The minimum Gasteiger partial charge on any atom is -0.303 e. The van der Waals surface area contributed by atoms with Gasteiger partial charge >= 0.3 is 0 Å². The Morgan fingerprint density at radius 1 is 1.50 bits per heavy atom. The molecular weight excluding hydrogens is 172 g/mol. The maximum absolute atomic E-state index is 10.7. The Balaban J connectivity index is 2.00. The fraction of sp³-hybridized carbons (Fsp3) is 0.769. The molecule has 1 fully saturated rings. The summed E-state index contributed by atoms with van der Waals surface area (Å²) in [6.07, 6.45) is 11.4. The van der Waals surface area contributed by atoms with Gasteiger partial charge in [0, 0.05) is 5.92 Å². The minimum atomic E-state index is 0.276. The van der Waals surface area contributed by atoms with Gasteiger partial charge in [-0.05, 0) is 50.4 Å². The van der Waals surface area contributed by atoms with E-state index in [0.29, 0.717) is 5.92 Å². The normalized spacial score (nSPS) is 34.2. The van der Waals surface area contributed by atoms with Crippen molar-refractivity contribution in [1.82, 2.24) is 0 Å². The summed E-state index contributed by atoms with van der Waals surface area (Å²) in [5, 5.41) is 0. The smallest absolute Gasteiger partial charge is 0.123 e. The molecule has 0 aromatic rings. The van der Waals surface area contributed by atoms with E-state index in [1.807, 2.05) is 0 Å². The van der Waals surface area contributed by atoms with Crippen LogP contribution in [0.1, 0.15) is 45.4 Å². The van der Waals surface area contributed by atoms with Gasteiger partial charge in [0.1, 0.15) is 6.29 Å². The fourth-order valence-electron chi connectivity index (χ4n) is 3.00. The summed E-state index contributed by atoms with van der Waals surface area (Å²) in [5.74, 6) is 1.76. The molecule has 0 radical (unpaired) electrons. The lowest BCUT2D eigenvalue weighted by atomic mass is 9.70. The zero-order valence-corrected chi connectivity index (χ0v) is 9.04. The van der Waals surface area contributed by atoms with Crippen LogP contribution < -0.4 is 0 Å². The average Bonchev–Trinajstić information content (AvgIpc) is 2.27. The predicted molar refractivity (Wildman–Crippen MR) is 58.0 cm³/mol. The van der Waals surface area contributed by atoms with E-state index < -0.39 is 0 Å². The molecule has 1 heteroatoms. The molecule has 78 valence electrons. The monoisotopic (exact) mass is 192 g/mol. The molecule has 0 heterocycles. The van der Waals surface area contributed by atoms with Crippen LogP contribution in [0.3, 0.4) is 0 Å². The van der Waals surface area contributed by atoms with Crippen molar-refractivity contribution in [3.8, 4) is 0 Å². The highest BCUT2D eigenvalue weighted by Gasteiger charge is 2.29. The molecule has 2 rings (SSSR count). The molecule has 14 heavy (non-hydrogen) atoms. The van der Waals surface area contributed by atoms with Gasteiger partial charge in [-0.1, -0.05) is 18.6 Å². The second-order valence-electron chi connectivity index (χ2n) is 4.94. The Bertz CT molecular complexity index is 242. The molecule has 0 aromatic heterocycles. The van der Waals surface area contributed by atoms with E-state index in [0.717, 1.165) is 12.2 Å². The third-order valence-electron chi connectivity index (χ3n) is 4.04. The maximum atomic E-state index is 10.7. The van der Waals surface area contributed by atoms with Crippen molar-refractivity contribution in [3.63, 3.8) is 0 Å². The highest BCUT2D eigenvalue weighted by molar-refractivity contribution is 5.53. The van der Waals surface area contributed by atoms with Gasteiger partial charge in [0.2, 0.25) is 0 Å². The average molecular weight is 192 g/mol. The molecule has 1 saturated carbocycles. The maximum Gasteiger partial charge on any atom is 0.123 e. The van der Waals surface area contributed by atoms with Gasteiger partial charge in [0.25, 0.3) is 0 Å². The summed E-state index contributed by atoms with van der Waals surface area (Å²) in [5.41, 5.74) is 1.70. The number of carbonyl (C=O) groups is 1. The Kier molecular flexibility index (Phi) is 3.05. The van der Waals surface area contributed by atoms with E-state index in [4.69, 9.17) is 0 Å². The third-order valence-corrected chi connectivity index (χ3v) is 4.04. The Hall–Kier alpha value is -0.590. The van der Waals surface area contributed by atoms with Crippen LogP contribution in [0.15, 0.2) is 11.6 Å². The van der Waals surface area contributed by atoms with Crippen molar-refractivity contribution in [1.29, 1.82) is 0 Å². The van der Waals surface area contributed by atoms with Crippen molar-refractivity contribution in [3.05, 3.63) is 11.6 Å². The molecule has 0 amide bonds. The minimum absolute atomic E-state index is 0.276. The van der Waals surface area contributed by atoms with Crippen molar-refractivity contribution < 1.29 is 4.79 Å². The molecule has 0 spiro atoms. The lowest BCUT2D eigenvalue weighted by Crippen LogP contribution is -2.25. The molecule has 0 N–H and O–H groups in total. The van der Waals surface area contributed by atoms with Crippen LogP contribution in [0.4, 0.5) is 0 Å². The van der Waals surface area contributed by atoms with E-state index in [1.54, 1.807) is 5.57 Å². The number of aldehydes is 1. The van der Waals surface area contributed by atoms with Gasteiger partial charge in [-0.25, -0.2) is 0 Å². The molecule has 2 aliphatic carbocycles. The molecule has 3 atom stereocenters. The number of carbonyl (C=O) groups excluding carboxylic acids is 1. The number of fused-ring (bicyclic) bond motifs is 1. The molecule has 1 nitrogen and oxygen atoms in total. The first-order valence-electron chi connectivity index (χ1n) is 5.95. The van der Waals surface area contributed by atoms with Crippen molar-refractivity contribution in [2.24, 2.45) is 17.8 Å².